The summed E-state index contributed by atoms with van der Waals surface area (Å²) < 4.78 is 55.9. The number of halogens is 5. The third-order valence-corrected chi connectivity index (χ3v) is 4.68. The van der Waals surface area contributed by atoms with Gasteiger partial charge in [-0.3, -0.25) is 0 Å². The van der Waals surface area contributed by atoms with Gasteiger partial charge in [-0.15, -0.1) is 0 Å². The first-order valence-electron chi connectivity index (χ1n) is 9.66. The van der Waals surface area contributed by atoms with E-state index in [-0.39, 0.29) is 0 Å². The number of benzene rings is 3. The largest absolute Gasteiger partial charge is 0.673 e. The molecule has 0 saturated carbocycles. The summed E-state index contributed by atoms with van der Waals surface area (Å²) in [5.41, 5.74) is 2.57. The lowest BCUT2D eigenvalue weighted by Gasteiger charge is -2.09. The van der Waals surface area contributed by atoms with Gasteiger partial charge in [-0.2, -0.15) is 0 Å². The molecule has 0 atom stereocenters. The molecular weight excluding hydrogens is 461 g/mol. The Balaban J connectivity index is 0.000000555. The average Bonchev–Trinajstić information content (AvgIpc) is 2.77. The Morgan fingerprint density at radius 3 is 2.18 bits per heavy atom. The van der Waals surface area contributed by atoms with Crippen molar-refractivity contribution in [3.63, 3.8) is 0 Å². The molecule has 4 nitrogen and oxygen atoms in total. The summed E-state index contributed by atoms with van der Waals surface area (Å²) in [4.78, 5) is 3.45. The fourth-order valence-corrected chi connectivity index (χ4v) is 3.28. The van der Waals surface area contributed by atoms with Gasteiger partial charge in [0.05, 0.1) is 25.7 Å². The van der Waals surface area contributed by atoms with E-state index < -0.39 is 7.25 Å². The quantitative estimate of drug-likeness (QED) is 0.316. The van der Waals surface area contributed by atoms with E-state index in [9.17, 15) is 17.3 Å². The maximum Gasteiger partial charge on any atom is 0.673 e. The maximum atomic E-state index is 9.75. The second-order valence-corrected chi connectivity index (χ2v) is 7.16. The normalized spacial score (nSPS) is 11.7. The SMILES string of the molecule is COc1ccc(-c2cc(=[NH+]c3cccc(Cl)c3)c3ccccc3o2)cc1OC.F[B-](F)(F)F. The first-order valence-corrected chi connectivity index (χ1v) is 10.0. The van der Waals surface area contributed by atoms with Crippen molar-refractivity contribution in [1.82, 2.24) is 0 Å². The first kappa shape index (κ1) is 24.2. The molecule has 1 heterocycles. The number of hydrogen-bond donors (Lipinski definition) is 1. The van der Waals surface area contributed by atoms with Crippen molar-refractivity contribution in [2.24, 2.45) is 0 Å². The van der Waals surface area contributed by atoms with Gasteiger partial charge in [-0.05, 0) is 36.4 Å². The zero-order valence-electron chi connectivity index (χ0n) is 17.6. The highest BCUT2D eigenvalue weighted by molar-refractivity contribution is 6.50. The average molecular weight is 480 g/mol. The highest BCUT2D eigenvalue weighted by atomic mass is 35.5. The van der Waals surface area contributed by atoms with Gasteiger partial charge in [0, 0.05) is 22.7 Å². The molecule has 33 heavy (non-hydrogen) atoms. The van der Waals surface area contributed by atoms with Crippen LogP contribution < -0.4 is 19.8 Å². The Bertz CT molecular complexity index is 1320. The van der Waals surface area contributed by atoms with Gasteiger partial charge >= 0.3 is 7.25 Å². The van der Waals surface area contributed by atoms with E-state index in [0.29, 0.717) is 22.3 Å². The lowest BCUT2D eigenvalue weighted by Crippen LogP contribution is -2.70. The van der Waals surface area contributed by atoms with Crippen molar-refractivity contribution in [2.45, 2.75) is 0 Å². The van der Waals surface area contributed by atoms with Crippen LogP contribution in [0, 0.1) is 0 Å². The summed E-state index contributed by atoms with van der Waals surface area (Å²) in [7, 11) is -2.77. The molecule has 4 aromatic rings. The van der Waals surface area contributed by atoms with Crippen LogP contribution in [-0.4, -0.2) is 21.5 Å². The highest BCUT2D eigenvalue weighted by Gasteiger charge is 2.20. The number of methoxy groups -OCH3 is 2. The fraction of sp³-hybridized carbons (Fsp3) is 0.0870. The van der Waals surface area contributed by atoms with Crippen LogP contribution in [-0.2, 0) is 0 Å². The lowest BCUT2D eigenvalue weighted by atomic mass is 10.1. The van der Waals surface area contributed by atoms with Crippen LogP contribution in [0.2, 0.25) is 5.02 Å². The molecule has 0 aliphatic rings. The molecule has 0 spiro atoms. The van der Waals surface area contributed by atoms with Crippen molar-refractivity contribution < 1.29 is 36.1 Å². The molecule has 1 N–H and O–H groups in total. The van der Waals surface area contributed by atoms with Crippen LogP contribution in [0.5, 0.6) is 11.5 Å². The van der Waals surface area contributed by atoms with E-state index in [1.165, 1.54) is 0 Å². The predicted molar refractivity (Wildman–Crippen MR) is 120 cm³/mol. The lowest BCUT2D eigenvalue weighted by molar-refractivity contribution is -0.400. The molecule has 0 amide bonds. The Morgan fingerprint density at radius 1 is 0.818 bits per heavy atom. The summed E-state index contributed by atoms with van der Waals surface area (Å²) in [6.07, 6.45) is 0. The summed E-state index contributed by atoms with van der Waals surface area (Å²) in [5, 5.41) is 2.58. The molecule has 0 bridgehead atoms. The molecule has 172 valence electrons. The van der Waals surface area contributed by atoms with E-state index in [1.807, 2.05) is 72.8 Å². The molecule has 0 saturated heterocycles. The minimum absolute atomic E-state index is 0.646. The summed E-state index contributed by atoms with van der Waals surface area (Å²) >= 11 is 6.13. The Hall–Kier alpha value is -3.46. The van der Waals surface area contributed by atoms with E-state index >= 15 is 0 Å². The predicted octanol–water partition coefficient (Wildman–Crippen LogP) is 5.38. The third kappa shape index (κ3) is 6.76. The van der Waals surface area contributed by atoms with Crippen molar-refractivity contribution in [1.29, 1.82) is 0 Å². The molecule has 0 aliphatic heterocycles. The number of para-hydroxylation sites is 1. The van der Waals surface area contributed by atoms with Gasteiger partial charge in [-0.1, -0.05) is 29.8 Å². The smallest absolute Gasteiger partial charge is 0.493 e. The van der Waals surface area contributed by atoms with Crippen LogP contribution in [0.25, 0.3) is 22.3 Å². The van der Waals surface area contributed by atoms with Gasteiger partial charge in [-0.25, -0.2) is 4.99 Å². The van der Waals surface area contributed by atoms with Gasteiger partial charge in [0.1, 0.15) is 11.3 Å². The van der Waals surface area contributed by atoms with E-state index in [0.717, 1.165) is 27.6 Å². The van der Waals surface area contributed by atoms with E-state index in [2.05, 4.69) is 4.99 Å². The zero-order valence-corrected chi connectivity index (χ0v) is 18.4. The van der Waals surface area contributed by atoms with Crippen LogP contribution in [0.3, 0.4) is 0 Å². The van der Waals surface area contributed by atoms with Gasteiger partial charge < -0.3 is 31.2 Å². The van der Waals surface area contributed by atoms with Crippen molar-refractivity contribution in [3.05, 3.63) is 83.2 Å². The number of fused-ring (bicyclic) bond motifs is 1. The third-order valence-electron chi connectivity index (χ3n) is 4.44. The molecule has 3 aromatic carbocycles. The summed E-state index contributed by atoms with van der Waals surface area (Å²) in [5.74, 6) is 2.03. The Kier molecular flexibility index (Phi) is 7.65. The van der Waals surface area contributed by atoms with Gasteiger partial charge in [0.15, 0.2) is 11.5 Å². The molecular formula is C23H19BClF4NO3. The minimum atomic E-state index is -6.00. The molecule has 4 rings (SSSR count). The van der Waals surface area contributed by atoms with Crippen LogP contribution >= 0.6 is 11.6 Å². The molecule has 0 aliphatic carbocycles. The van der Waals surface area contributed by atoms with E-state index in [1.54, 1.807) is 14.2 Å². The van der Waals surface area contributed by atoms with Gasteiger partial charge in [0.2, 0.25) is 11.0 Å². The van der Waals surface area contributed by atoms with E-state index in [4.69, 9.17) is 25.5 Å². The topological polar surface area (TPSA) is 45.6 Å². The minimum Gasteiger partial charge on any atom is -0.493 e. The molecule has 0 radical (unpaired) electrons. The molecule has 10 heteroatoms. The highest BCUT2D eigenvalue weighted by Crippen LogP contribution is 2.32. The molecule has 0 fully saturated rings. The second kappa shape index (κ2) is 10.4. The van der Waals surface area contributed by atoms with Crippen LogP contribution in [0.15, 0.2) is 77.2 Å². The number of nitrogens with one attached hydrogen (secondary N) is 1. The van der Waals surface area contributed by atoms with Crippen LogP contribution in [0.4, 0.5) is 23.0 Å². The fourth-order valence-electron chi connectivity index (χ4n) is 3.09. The summed E-state index contributed by atoms with van der Waals surface area (Å²) in [6, 6.07) is 23.2. The second-order valence-electron chi connectivity index (χ2n) is 6.72. The van der Waals surface area contributed by atoms with Gasteiger partial charge in [0.25, 0.3) is 0 Å². The summed E-state index contributed by atoms with van der Waals surface area (Å²) in [6.45, 7) is 0. The first-order chi connectivity index (χ1) is 15.7. The van der Waals surface area contributed by atoms with Crippen molar-refractivity contribution >= 4 is 35.5 Å². The Morgan fingerprint density at radius 2 is 1.52 bits per heavy atom. The van der Waals surface area contributed by atoms with Crippen molar-refractivity contribution in [2.75, 3.05) is 14.2 Å². The zero-order chi connectivity index (χ0) is 24.0. The monoisotopic (exact) mass is 479 g/mol. The maximum absolute atomic E-state index is 9.75. The standard InChI is InChI=1S/C23H18ClNO3.BF4/c1-26-21-11-10-15(12-23(21)27-2)22-14-19(18-8-3-4-9-20(18)28-22)25-17-7-5-6-16(24)13-17;2-1(3,4)5/h3-14H,1-2H3;/q;-1/p+1. The number of ether oxygens (including phenoxy) is 2. The van der Waals surface area contributed by atoms with Crippen molar-refractivity contribution in [3.8, 4) is 22.8 Å². The number of hydrogen-bond acceptors (Lipinski definition) is 3. The molecule has 1 aromatic heterocycles. The molecule has 0 unspecified atom stereocenters. The van der Waals surface area contributed by atoms with Crippen LogP contribution in [0.1, 0.15) is 0 Å². The Labute approximate surface area is 192 Å². The number of rotatable bonds is 4.